The maximum absolute atomic E-state index is 12.9. The van der Waals surface area contributed by atoms with E-state index in [4.69, 9.17) is 4.52 Å². The van der Waals surface area contributed by atoms with Crippen molar-refractivity contribution in [2.24, 2.45) is 0 Å². The van der Waals surface area contributed by atoms with Crippen molar-refractivity contribution < 1.29 is 9.32 Å². The molecule has 0 radical (unpaired) electrons. The smallest absolute Gasteiger partial charge is 0.227 e. The zero-order valence-electron chi connectivity index (χ0n) is 14.3. The maximum atomic E-state index is 12.9. The van der Waals surface area contributed by atoms with Gasteiger partial charge in [0.1, 0.15) is 0 Å². The first-order valence-corrected chi connectivity index (χ1v) is 9.09. The molecule has 0 N–H and O–H groups in total. The van der Waals surface area contributed by atoms with Gasteiger partial charge in [-0.3, -0.25) is 4.79 Å². The lowest BCUT2D eigenvalue weighted by atomic mass is 9.92. The van der Waals surface area contributed by atoms with Crippen molar-refractivity contribution in [3.05, 3.63) is 71.6 Å². The summed E-state index contributed by atoms with van der Waals surface area (Å²) >= 11 is 0. The zero-order valence-corrected chi connectivity index (χ0v) is 14.3. The fraction of sp³-hybridized carbons (Fsp3) is 0.286. The van der Waals surface area contributed by atoms with E-state index in [1.54, 1.807) is 0 Å². The number of aryl methyl sites for hydroxylation is 1. The van der Waals surface area contributed by atoms with Crippen LogP contribution in [-0.4, -0.2) is 20.9 Å². The highest BCUT2D eigenvalue weighted by molar-refractivity contribution is 5.79. The van der Waals surface area contributed by atoms with Gasteiger partial charge in [0.25, 0.3) is 0 Å². The third kappa shape index (κ3) is 2.43. The standard InChI is InChI=1S/C21H19N3O2/c25-20(24-17-10-11-18(24)16-9-5-4-8-15(16)17)13-12-19-22-21(23-26-19)14-6-2-1-3-7-14/h1-9,17-18H,10-13H2/t17-,18-/m0/s1. The summed E-state index contributed by atoms with van der Waals surface area (Å²) in [5.41, 5.74) is 3.56. The fourth-order valence-corrected chi connectivity index (χ4v) is 4.29. The van der Waals surface area contributed by atoms with E-state index < -0.39 is 0 Å². The van der Waals surface area contributed by atoms with Gasteiger partial charge in [-0.2, -0.15) is 4.98 Å². The molecule has 3 aromatic rings. The molecule has 2 aliphatic rings. The molecule has 1 saturated heterocycles. The summed E-state index contributed by atoms with van der Waals surface area (Å²) in [4.78, 5) is 19.4. The van der Waals surface area contributed by atoms with Crippen LogP contribution in [0.25, 0.3) is 11.4 Å². The number of hydrogen-bond acceptors (Lipinski definition) is 4. The third-order valence-electron chi connectivity index (χ3n) is 5.44. The normalized spacial score (nSPS) is 20.4. The van der Waals surface area contributed by atoms with Crippen molar-refractivity contribution in [3.63, 3.8) is 0 Å². The maximum Gasteiger partial charge on any atom is 0.227 e. The molecule has 3 heterocycles. The second kappa shape index (κ2) is 6.09. The first-order chi connectivity index (χ1) is 12.8. The van der Waals surface area contributed by atoms with Crippen molar-refractivity contribution in [2.45, 2.75) is 37.8 Å². The van der Waals surface area contributed by atoms with E-state index in [1.807, 2.05) is 30.3 Å². The molecule has 0 aliphatic carbocycles. The van der Waals surface area contributed by atoms with E-state index in [1.165, 1.54) is 11.1 Å². The summed E-state index contributed by atoms with van der Waals surface area (Å²) < 4.78 is 5.33. The first-order valence-electron chi connectivity index (χ1n) is 9.09. The number of nitrogens with zero attached hydrogens (tertiary/aromatic N) is 3. The predicted octanol–water partition coefficient (Wildman–Crippen LogP) is 4.09. The topological polar surface area (TPSA) is 59.2 Å². The zero-order chi connectivity index (χ0) is 17.5. The van der Waals surface area contributed by atoms with E-state index in [2.05, 4.69) is 39.3 Å². The van der Waals surface area contributed by atoms with Crippen LogP contribution in [0.1, 0.15) is 48.4 Å². The van der Waals surface area contributed by atoms with Crippen LogP contribution in [0.3, 0.4) is 0 Å². The lowest BCUT2D eigenvalue weighted by Gasteiger charge is -2.22. The van der Waals surface area contributed by atoms with Gasteiger partial charge >= 0.3 is 0 Å². The molecule has 2 bridgehead atoms. The van der Waals surface area contributed by atoms with Crippen LogP contribution in [0.4, 0.5) is 0 Å². The second-order valence-corrected chi connectivity index (χ2v) is 6.92. The van der Waals surface area contributed by atoms with Gasteiger partial charge in [0.05, 0.1) is 12.1 Å². The summed E-state index contributed by atoms with van der Waals surface area (Å²) in [5.74, 6) is 1.26. The summed E-state index contributed by atoms with van der Waals surface area (Å²) in [6, 6.07) is 18.6. The number of rotatable bonds is 4. The number of carbonyl (C=O) groups excluding carboxylic acids is 1. The molecule has 1 amide bonds. The summed E-state index contributed by atoms with van der Waals surface area (Å²) in [5, 5.41) is 4.03. The molecular formula is C21H19N3O2. The Bertz CT molecular complexity index is 920. The Labute approximate surface area is 151 Å². The number of benzene rings is 2. The molecule has 2 atom stereocenters. The molecule has 1 aromatic heterocycles. The Kier molecular flexibility index (Phi) is 3.59. The number of hydrogen-bond donors (Lipinski definition) is 0. The van der Waals surface area contributed by atoms with E-state index in [9.17, 15) is 4.79 Å². The molecule has 1 fully saturated rings. The number of aromatic nitrogens is 2. The van der Waals surface area contributed by atoms with Gasteiger partial charge in [0.15, 0.2) is 0 Å². The molecule has 130 valence electrons. The van der Waals surface area contributed by atoms with Crippen LogP contribution < -0.4 is 0 Å². The molecule has 5 heteroatoms. The molecule has 26 heavy (non-hydrogen) atoms. The molecule has 0 saturated carbocycles. The minimum absolute atomic E-state index is 0.174. The van der Waals surface area contributed by atoms with Crippen molar-refractivity contribution >= 4 is 5.91 Å². The second-order valence-electron chi connectivity index (χ2n) is 6.92. The largest absolute Gasteiger partial charge is 0.339 e. The molecule has 0 spiro atoms. The van der Waals surface area contributed by atoms with Crippen LogP contribution in [0.5, 0.6) is 0 Å². The van der Waals surface area contributed by atoms with Crippen LogP contribution in [0.2, 0.25) is 0 Å². The summed E-state index contributed by atoms with van der Waals surface area (Å²) in [7, 11) is 0. The van der Waals surface area contributed by atoms with Gasteiger partial charge in [-0.25, -0.2) is 0 Å². The highest BCUT2D eigenvalue weighted by atomic mass is 16.5. The van der Waals surface area contributed by atoms with Crippen molar-refractivity contribution in [2.75, 3.05) is 0 Å². The van der Waals surface area contributed by atoms with E-state index in [0.717, 1.165) is 18.4 Å². The number of fused-ring (bicyclic) bond motifs is 5. The minimum atomic E-state index is 0.174. The van der Waals surface area contributed by atoms with Gasteiger partial charge in [0, 0.05) is 18.4 Å². The van der Waals surface area contributed by atoms with Crippen LogP contribution in [0.15, 0.2) is 59.1 Å². The van der Waals surface area contributed by atoms with Gasteiger partial charge in [-0.15, -0.1) is 0 Å². The van der Waals surface area contributed by atoms with Gasteiger partial charge in [-0.1, -0.05) is 59.8 Å². The van der Waals surface area contributed by atoms with E-state index in [0.29, 0.717) is 24.6 Å². The predicted molar refractivity (Wildman–Crippen MR) is 96.1 cm³/mol. The first kappa shape index (κ1) is 15.3. The third-order valence-corrected chi connectivity index (χ3v) is 5.44. The van der Waals surface area contributed by atoms with Crippen molar-refractivity contribution in [3.8, 4) is 11.4 Å². The van der Waals surface area contributed by atoms with Gasteiger partial charge in [-0.05, 0) is 24.0 Å². The average molecular weight is 345 g/mol. The SMILES string of the molecule is O=C(CCc1nc(-c2ccccc2)no1)N1[C@H]2CC[C@H]1c1ccccc12. The molecular weight excluding hydrogens is 326 g/mol. The van der Waals surface area contributed by atoms with Crippen molar-refractivity contribution in [1.29, 1.82) is 0 Å². The lowest BCUT2D eigenvalue weighted by Crippen LogP contribution is -2.28. The quantitative estimate of drug-likeness (QED) is 0.715. The van der Waals surface area contributed by atoms with Crippen molar-refractivity contribution in [1.82, 2.24) is 15.0 Å². The Hall–Kier alpha value is -2.95. The molecule has 5 rings (SSSR count). The summed E-state index contributed by atoms with van der Waals surface area (Å²) in [6.07, 6.45) is 3.00. The van der Waals surface area contributed by atoms with E-state index >= 15 is 0 Å². The Morgan fingerprint density at radius 2 is 1.65 bits per heavy atom. The van der Waals surface area contributed by atoms with E-state index in [-0.39, 0.29) is 18.0 Å². The summed E-state index contributed by atoms with van der Waals surface area (Å²) in [6.45, 7) is 0. The van der Waals surface area contributed by atoms with Gasteiger partial charge in [0.2, 0.25) is 17.6 Å². The number of carbonyl (C=O) groups is 1. The highest BCUT2D eigenvalue weighted by Gasteiger charge is 2.45. The molecule has 5 nitrogen and oxygen atoms in total. The van der Waals surface area contributed by atoms with Crippen LogP contribution >= 0.6 is 0 Å². The molecule has 0 unspecified atom stereocenters. The Morgan fingerprint density at radius 1 is 1.00 bits per heavy atom. The fourth-order valence-electron chi connectivity index (χ4n) is 4.29. The highest BCUT2D eigenvalue weighted by Crippen LogP contribution is 2.53. The van der Waals surface area contributed by atoms with Crippen LogP contribution in [0, 0.1) is 0 Å². The van der Waals surface area contributed by atoms with Crippen LogP contribution in [-0.2, 0) is 11.2 Å². The minimum Gasteiger partial charge on any atom is -0.339 e. The Balaban J connectivity index is 1.27. The Morgan fingerprint density at radius 3 is 2.35 bits per heavy atom. The van der Waals surface area contributed by atoms with Gasteiger partial charge < -0.3 is 9.42 Å². The molecule has 2 aromatic carbocycles. The average Bonchev–Trinajstić information content (AvgIpc) is 3.41. The monoisotopic (exact) mass is 345 g/mol. The number of amides is 1. The molecule has 2 aliphatic heterocycles. The lowest BCUT2D eigenvalue weighted by molar-refractivity contribution is -0.133.